The second-order valence-corrected chi connectivity index (χ2v) is 5.91. The van der Waals surface area contributed by atoms with Crippen molar-refractivity contribution in [3.05, 3.63) is 36.1 Å². The number of hydrogen-bond donors (Lipinski definition) is 1. The third kappa shape index (κ3) is 5.55. The van der Waals surface area contributed by atoms with Crippen LogP contribution in [-0.2, 0) is 6.54 Å². The molecule has 2 heteroatoms. The van der Waals surface area contributed by atoms with Crippen molar-refractivity contribution in [1.29, 1.82) is 0 Å². The lowest BCUT2D eigenvalue weighted by Crippen LogP contribution is -2.14. The molecule has 0 atom stereocenters. The van der Waals surface area contributed by atoms with Crippen LogP contribution < -0.4 is 5.32 Å². The number of benzene rings is 1. The lowest BCUT2D eigenvalue weighted by Gasteiger charge is -2.04. The first-order valence-electron chi connectivity index (χ1n) is 8.57. The van der Waals surface area contributed by atoms with Gasteiger partial charge in [0, 0.05) is 17.5 Å². The Morgan fingerprint density at radius 1 is 0.905 bits per heavy atom. The minimum absolute atomic E-state index is 0.910. The Labute approximate surface area is 128 Å². The first-order valence-corrected chi connectivity index (χ1v) is 8.57. The van der Waals surface area contributed by atoms with Gasteiger partial charge in [0.2, 0.25) is 0 Å². The molecule has 0 aliphatic carbocycles. The molecule has 21 heavy (non-hydrogen) atoms. The number of furan rings is 1. The average molecular weight is 287 g/mol. The smallest absolute Gasteiger partial charge is 0.134 e. The van der Waals surface area contributed by atoms with Gasteiger partial charge in [0.25, 0.3) is 0 Å². The number of rotatable bonds is 11. The SMILES string of the molecule is CCCCCCCCCCNCc1coc2ccccc12. The van der Waals surface area contributed by atoms with Gasteiger partial charge in [-0.25, -0.2) is 0 Å². The molecule has 2 aromatic rings. The molecule has 2 rings (SSSR count). The highest BCUT2D eigenvalue weighted by Gasteiger charge is 2.03. The molecule has 0 aliphatic heterocycles. The minimum atomic E-state index is 0.910. The summed E-state index contributed by atoms with van der Waals surface area (Å²) in [5.74, 6) is 0. The molecule has 0 fully saturated rings. The van der Waals surface area contributed by atoms with Crippen LogP contribution in [0.1, 0.15) is 63.9 Å². The Balaban J connectivity index is 1.52. The first kappa shape index (κ1) is 16.1. The predicted octanol–water partition coefficient (Wildman–Crippen LogP) is 5.66. The van der Waals surface area contributed by atoms with E-state index in [0.717, 1.165) is 18.7 Å². The van der Waals surface area contributed by atoms with Crippen LogP contribution in [0.2, 0.25) is 0 Å². The van der Waals surface area contributed by atoms with Gasteiger partial charge < -0.3 is 9.73 Å². The van der Waals surface area contributed by atoms with Gasteiger partial charge in [0.15, 0.2) is 0 Å². The molecule has 1 heterocycles. The Hall–Kier alpha value is -1.28. The second-order valence-electron chi connectivity index (χ2n) is 5.91. The molecule has 1 aromatic heterocycles. The van der Waals surface area contributed by atoms with Crippen LogP contribution in [0.15, 0.2) is 34.9 Å². The highest BCUT2D eigenvalue weighted by atomic mass is 16.3. The summed E-state index contributed by atoms with van der Waals surface area (Å²) in [6.07, 6.45) is 12.9. The molecule has 1 N–H and O–H groups in total. The summed E-state index contributed by atoms with van der Waals surface area (Å²) in [5.41, 5.74) is 2.26. The molecule has 0 spiro atoms. The van der Waals surface area contributed by atoms with Crippen molar-refractivity contribution >= 4 is 11.0 Å². The summed E-state index contributed by atoms with van der Waals surface area (Å²) in [7, 11) is 0. The number of para-hydroxylation sites is 1. The van der Waals surface area contributed by atoms with Crippen molar-refractivity contribution in [2.45, 2.75) is 64.8 Å². The Morgan fingerprint density at radius 2 is 1.62 bits per heavy atom. The number of unbranched alkanes of at least 4 members (excludes halogenated alkanes) is 7. The maximum absolute atomic E-state index is 5.55. The van der Waals surface area contributed by atoms with Crippen LogP contribution in [0.4, 0.5) is 0 Å². The van der Waals surface area contributed by atoms with Crippen molar-refractivity contribution in [2.24, 2.45) is 0 Å². The molecular weight excluding hydrogens is 258 g/mol. The van der Waals surface area contributed by atoms with Gasteiger partial charge in [-0.3, -0.25) is 0 Å². The molecule has 0 bridgehead atoms. The predicted molar refractivity (Wildman–Crippen MR) is 90.5 cm³/mol. The standard InChI is InChI=1S/C19H29NO/c1-2-3-4-5-6-7-8-11-14-20-15-17-16-21-19-13-10-9-12-18(17)19/h9-10,12-13,16,20H,2-8,11,14-15H2,1H3. The third-order valence-electron chi connectivity index (χ3n) is 4.08. The number of nitrogens with one attached hydrogen (secondary N) is 1. The van der Waals surface area contributed by atoms with Crippen molar-refractivity contribution in [3.8, 4) is 0 Å². The quantitative estimate of drug-likeness (QED) is 0.539. The largest absolute Gasteiger partial charge is 0.464 e. The maximum Gasteiger partial charge on any atom is 0.134 e. The van der Waals surface area contributed by atoms with E-state index in [1.54, 1.807) is 0 Å². The molecule has 0 saturated heterocycles. The molecule has 0 amide bonds. The van der Waals surface area contributed by atoms with Crippen molar-refractivity contribution in [3.63, 3.8) is 0 Å². The topological polar surface area (TPSA) is 25.2 Å². The molecule has 0 radical (unpaired) electrons. The van der Waals surface area contributed by atoms with Crippen LogP contribution in [0, 0.1) is 0 Å². The normalized spacial score (nSPS) is 11.3. The monoisotopic (exact) mass is 287 g/mol. The fraction of sp³-hybridized carbons (Fsp3) is 0.579. The highest BCUT2D eigenvalue weighted by molar-refractivity contribution is 5.80. The molecular formula is C19H29NO. The minimum Gasteiger partial charge on any atom is -0.464 e. The van der Waals surface area contributed by atoms with Gasteiger partial charge >= 0.3 is 0 Å². The maximum atomic E-state index is 5.55. The summed E-state index contributed by atoms with van der Waals surface area (Å²) in [4.78, 5) is 0. The van der Waals surface area contributed by atoms with E-state index in [1.807, 2.05) is 18.4 Å². The molecule has 1 aromatic carbocycles. The van der Waals surface area contributed by atoms with E-state index >= 15 is 0 Å². The van der Waals surface area contributed by atoms with Gasteiger partial charge in [-0.2, -0.15) is 0 Å². The number of fused-ring (bicyclic) bond motifs is 1. The number of hydrogen-bond acceptors (Lipinski definition) is 2. The fourth-order valence-corrected chi connectivity index (χ4v) is 2.78. The van der Waals surface area contributed by atoms with Gasteiger partial charge in [0.05, 0.1) is 6.26 Å². The van der Waals surface area contributed by atoms with Gasteiger partial charge in [0.1, 0.15) is 5.58 Å². The van der Waals surface area contributed by atoms with Gasteiger partial charge in [-0.05, 0) is 19.0 Å². The average Bonchev–Trinajstić information content (AvgIpc) is 2.92. The molecule has 116 valence electrons. The summed E-state index contributed by atoms with van der Waals surface area (Å²) in [6, 6.07) is 8.24. The van der Waals surface area contributed by atoms with Crippen LogP contribution in [0.25, 0.3) is 11.0 Å². The van der Waals surface area contributed by atoms with Crippen molar-refractivity contribution in [1.82, 2.24) is 5.32 Å². The Bertz CT molecular complexity index is 503. The second kappa shape index (κ2) is 9.62. The van der Waals surface area contributed by atoms with Crippen LogP contribution in [0.5, 0.6) is 0 Å². The Kier molecular flexibility index (Phi) is 7.37. The molecule has 0 aliphatic rings. The zero-order valence-corrected chi connectivity index (χ0v) is 13.4. The lowest BCUT2D eigenvalue weighted by molar-refractivity contribution is 0.552. The summed E-state index contributed by atoms with van der Waals surface area (Å²) < 4.78 is 5.55. The van der Waals surface area contributed by atoms with E-state index < -0.39 is 0 Å². The molecule has 2 nitrogen and oxygen atoms in total. The van der Waals surface area contributed by atoms with Crippen molar-refractivity contribution in [2.75, 3.05) is 6.54 Å². The summed E-state index contributed by atoms with van der Waals surface area (Å²) >= 11 is 0. The van der Waals surface area contributed by atoms with E-state index in [0.29, 0.717) is 0 Å². The first-order chi connectivity index (χ1) is 10.4. The lowest BCUT2D eigenvalue weighted by atomic mass is 10.1. The zero-order valence-electron chi connectivity index (χ0n) is 13.4. The van der Waals surface area contributed by atoms with Gasteiger partial charge in [-0.15, -0.1) is 0 Å². The van der Waals surface area contributed by atoms with Gasteiger partial charge in [-0.1, -0.05) is 70.1 Å². The highest BCUT2D eigenvalue weighted by Crippen LogP contribution is 2.20. The van der Waals surface area contributed by atoms with E-state index in [4.69, 9.17) is 4.42 Å². The molecule has 0 unspecified atom stereocenters. The fourth-order valence-electron chi connectivity index (χ4n) is 2.78. The van der Waals surface area contributed by atoms with Crippen molar-refractivity contribution < 1.29 is 4.42 Å². The van der Waals surface area contributed by atoms with E-state index in [1.165, 1.54) is 62.3 Å². The van der Waals surface area contributed by atoms with E-state index in [2.05, 4.69) is 24.4 Å². The van der Waals surface area contributed by atoms with E-state index in [-0.39, 0.29) is 0 Å². The Morgan fingerprint density at radius 3 is 2.43 bits per heavy atom. The van der Waals surface area contributed by atoms with E-state index in [9.17, 15) is 0 Å². The van der Waals surface area contributed by atoms with Crippen LogP contribution in [-0.4, -0.2) is 6.54 Å². The zero-order chi connectivity index (χ0) is 14.8. The summed E-state index contributed by atoms with van der Waals surface area (Å²) in [6.45, 7) is 4.29. The molecule has 0 saturated carbocycles. The van der Waals surface area contributed by atoms with Crippen LogP contribution >= 0.6 is 0 Å². The third-order valence-corrected chi connectivity index (χ3v) is 4.08. The summed E-state index contributed by atoms with van der Waals surface area (Å²) in [5, 5.41) is 4.77. The van der Waals surface area contributed by atoms with Crippen LogP contribution in [0.3, 0.4) is 0 Å².